The molecular formula is C9H10N6O2. The van der Waals surface area contributed by atoms with E-state index in [1.165, 1.54) is 18.5 Å². The summed E-state index contributed by atoms with van der Waals surface area (Å²) in [5.41, 5.74) is 0.264. The minimum Gasteiger partial charge on any atom is -0.506 e. The fourth-order valence-corrected chi connectivity index (χ4v) is 1.25. The highest BCUT2D eigenvalue weighted by Crippen LogP contribution is 2.10. The van der Waals surface area contributed by atoms with Gasteiger partial charge in [0.05, 0.1) is 17.8 Å². The molecule has 2 aromatic heterocycles. The summed E-state index contributed by atoms with van der Waals surface area (Å²) in [5, 5.41) is 25.1. The van der Waals surface area contributed by atoms with E-state index >= 15 is 0 Å². The van der Waals surface area contributed by atoms with Crippen molar-refractivity contribution in [3.8, 4) is 5.75 Å². The maximum Gasteiger partial charge on any atom is 0.253 e. The minimum atomic E-state index is -0.386. The maximum absolute atomic E-state index is 11.8. The second-order valence-corrected chi connectivity index (χ2v) is 3.40. The van der Waals surface area contributed by atoms with E-state index in [4.69, 9.17) is 0 Å². The molecule has 17 heavy (non-hydrogen) atoms. The van der Waals surface area contributed by atoms with Crippen LogP contribution in [0.3, 0.4) is 0 Å². The lowest BCUT2D eigenvalue weighted by atomic mass is 10.2. The Morgan fingerprint density at radius 2 is 2.35 bits per heavy atom. The number of aromatic amines is 1. The molecule has 8 heteroatoms. The van der Waals surface area contributed by atoms with Gasteiger partial charge in [-0.05, 0) is 13.0 Å². The third-order valence-corrected chi connectivity index (χ3v) is 2.08. The monoisotopic (exact) mass is 234 g/mol. The molecule has 2 heterocycles. The number of H-pyrrole nitrogens is 1. The van der Waals surface area contributed by atoms with E-state index in [1.807, 2.05) is 0 Å². The normalized spacial score (nSPS) is 12.1. The molecular weight excluding hydrogens is 224 g/mol. The van der Waals surface area contributed by atoms with Gasteiger partial charge in [0, 0.05) is 6.20 Å². The SMILES string of the molecule is CC(NC(=O)c1cncc(O)c1)c1nn[nH]n1. The van der Waals surface area contributed by atoms with Gasteiger partial charge in [0.15, 0.2) is 5.82 Å². The predicted molar refractivity (Wildman–Crippen MR) is 56.0 cm³/mol. The zero-order chi connectivity index (χ0) is 12.3. The lowest BCUT2D eigenvalue weighted by Crippen LogP contribution is -2.27. The van der Waals surface area contributed by atoms with Gasteiger partial charge in [-0.1, -0.05) is 5.21 Å². The van der Waals surface area contributed by atoms with Gasteiger partial charge in [-0.3, -0.25) is 9.78 Å². The number of nitrogens with zero attached hydrogens (tertiary/aromatic N) is 4. The number of tetrazole rings is 1. The van der Waals surface area contributed by atoms with Crippen LogP contribution in [0.5, 0.6) is 5.75 Å². The Morgan fingerprint density at radius 3 is 3.00 bits per heavy atom. The summed E-state index contributed by atoms with van der Waals surface area (Å²) in [6, 6.07) is 0.939. The summed E-state index contributed by atoms with van der Waals surface area (Å²) in [6.07, 6.45) is 2.61. The zero-order valence-corrected chi connectivity index (χ0v) is 8.95. The van der Waals surface area contributed by atoms with Crippen molar-refractivity contribution in [1.29, 1.82) is 0 Å². The van der Waals surface area contributed by atoms with Crippen LogP contribution in [0.4, 0.5) is 0 Å². The Labute approximate surface area is 96.1 Å². The van der Waals surface area contributed by atoms with Gasteiger partial charge in [0.25, 0.3) is 5.91 Å². The number of aromatic hydroxyl groups is 1. The van der Waals surface area contributed by atoms with Crippen molar-refractivity contribution in [3.05, 3.63) is 29.8 Å². The molecule has 0 aromatic carbocycles. The first-order valence-electron chi connectivity index (χ1n) is 4.85. The van der Waals surface area contributed by atoms with Gasteiger partial charge in [-0.15, -0.1) is 10.2 Å². The number of hydrogen-bond acceptors (Lipinski definition) is 6. The van der Waals surface area contributed by atoms with Crippen molar-refractivity contribution in [2.45, 2.75) is 13.0 Å². The molecule has 2 rings (SSSR count). The van der Waals surface area contributed by atoms with E-state index < -0.39 is 0 Å². The Kier molecular flexibility index (Phi) is 2.95. The molecule has 3 N–H and O–H groups in total. The summed E-state index contributed by atoms with van der Waals surface area (Å²) < 4.78 is 0. The number of aromatic nitrogens is 5. The number of carbonyl (C=O) groups is 1. The van der Waals surface area contributed by atoms with Gasteiger partial charge in [-0.2, -0.15) is 5.21 Å². The summed E-state index contributed by atoms with van der Waals surface area (Å²) in [6.45, 7) is 1.72. The van der Waals surface area contributed by atoms with E-state index in [9.17, 15) is 9.90 Å². The van der Waals surface area contributed by atoms with E-state index in [1.54, 1.807) is 6.92 Å². The van der Waals surface area contributed by atoms with Gasteiger partial charge >= 0.3 is 0 Å². The van der Waals surface area contributed by atoms with E-state index in [0.29, 0.717) is 5.82 Å². The number of nitrogens with one attached hydrogen (secondary N) is 2. The number of rotatable bonds is 3. The van der Waals surface area contributed by atoms with Crippen LogP contribution in [0.2, 0.25) is 0 Å². The molecule has 88 valence electrons. The molecule has 0 bridgehead atoms. The van der Waals surface area contributed by atoms with Crippen LogP contribution < -0.4 is 5.32 Å². The molecule has 0 saturated heterocycles. The molecule has 0 saturated carbocycles. The van der Waals surface area contributed by atoms with Crippen LogP contribution in [0.25, 0.3) is 0 Å². The lowest BCUT2D eigenvalue weighted by molar-refractivity contribution is 0.0937. The van der Waals surface area contributed by atoms with Crippen molar-refractivity contribution in [2.24, 2.45) is 0 Å². The molecule has 0 aliphatic carbocycles. The topological polar surface area (TPSA) is 117 Å². The number of hydrogen-bond donors (Lipinski definition) is 3. The average Bonchev–Trinajstić information content (AvgIpc) is 2.82. The molecule has 0 radical (unpaired) electrons. The highest BCUT2D eigenvalue weighted by atomic mass is 16.3. The van der Waals surface area contributed by atoms with Crippen LogP contribution in [0.1, 0.15) is 29.1 Å². The third-order valence-electron chi connectivity index (χ3n) is 2.08. The fourth-order valence-electron chi connectivity index (χ4n) is 1.25. The molecule has 0 spiro atoms. The van der Waals surface area contributed by atoms with E-state index in [-0.39, 0.29) is 23.3 Å². The van der Waals surface area contributed by atoms with Crippen molar-refractivity contribution >= 4 is 5.91 Å². The molecule has 0 aliphatic heterocycles. The number of carbonyl (C=O) groups excluding carboxylic acids is 1. The van der Waals surface area contributed by atoms with E-state index in [0.717, 1.165) is 0 Å². The smallest absolute Gasteiger partial charge is 0.253 e. The Hall–Kier alpha value is -2.51. The largest absolute Gasteiger partial charge is 0.506 e. The van der Waals surface area contributed by atoms with Crippen molar-refractivity contribution in [2.75, 3.05) is 0 Å². The standard InChI is InChI=1S/C9H10N6O2/c1-5(8-12-14-15-13-8)11-9(17)6-2-7(16)4-10-3-6/h2-5,16H,1H3,(H,11,17)(H,12,13,14,15). The second kappa shape index (κ2) is 4.56. The molecule has 0 fully saturated rings. The molecule has 1 amide bonds. The highest BCUT2D eigenvalue weighted by molar-refractivity contribution is 5.94. The first kappa shape index (κ1) is 11.0. The van der Waals surface area contributed by atoms with Crippen LogP contribution in [-0.4, -0.2) is 36.6 Å². The molecule has 2 aromatic rings. The first-order chi connectivity index (χ1) is 8.16. The van der Waals surface area contributed by atoms with Crippen molar-refractivity contribution < 1.29 is 9.90 Å². The van der Waals surface area contributed by atoms with Crippen LogP contribution in [0.15, 0.2) is 18.5 Å². The Balaban J connectivity index is 2.07. The van der Waals surface area contributed by atoms with Gasteiger partial charge in [-0.25, -0.2) is 0 Å². The van der Waals surface area contributed by atoms with Crippen LogP contribution >= 0.6 is 0 Å². The Morgan fingerprint density at radius 1 is 1.53 bits per heavy atom. The van der Waals surface area contributed by atoms with Crippen molar-refractivity contribution in [3.63, 3.8) is 0 Å². The van der Waals surface area contributed by atoms with Crippen LogP contribution in [0, 0.1) is 0 Å². The minimum absolute atomic E-state index is 0.0649. The highest BCUT2D eigenvalue weighted by Gasteiger charge is 2.15. The number of amides is 1. The number of pyridine rings is 1. The fraction of sp³-hybridized carbons (Fsp3) is 0.222. The Bertz CT molecular complexity index is 512. The quantitative estimate of drug-likeness (QED) is 0.676. The summed E-state index contributed by atoms with van der Waals surface area (Å²) in [5.74, 6) is -0.0537. The van der Waals surface area contributed by atoms with Gasteiger partial charge < -0.3 is 10.4 Å². The lowest BCUT2D eigenvalue weighted by Gasteiger charge is -2.09. The van der Waals surface area contributed by atoms with Crippen LogP contribution in [-0.2, 0) is 0 Å². The van der Waals surface area contributed by atoms with E-state index in [2.05, 4.69) is 30.9 Å². The predicted octanol–water partition coefficient (Wildman–Crippen LogP) is -0.209. The molecule has 8 nitrogen and oxygen atoms in total. The molecule has 1 atom stereocenters. The molecule has 0 aliphatic rings. The maximum atomic E-state index is 11.8. The van der Waals surface area contributed by atoms with Crippen molar-refractivity contribution in [1.82, 2.24) is 30.9 Å². The van der Waals surface area contributed by atoms with Gasteiger partial charge in [0.2, 0.25) is 0 Å². The summed E-state index contributed by atoms with van der Waals surface area (Å²) in [7, 11) is 0. The average molecular weight is 234 g/mol. The third kappa shape index (κ3) is 2.54. The summed E-state index contributed by atoms with van der Waals surface area (Å²) >= 11 is 0. The van der Waals surface area contributed by atoms with Gasteiger partial charge in [0.1, 0.15) is 5.75 Å². The summed E-state index contributed by atoms with van der Waals surface area (Å²) in [4.78, 5) is 15.5. The first-order valence-corrected chi connectivity index (χ1v) is 4.85. The molecule has 1 unspecified atom stereocenters. The zero-order valence-electron chi connectivity index (χ0n) is 8.95. The second-order valence-electron chi connectivity index (χ2n) is 3.40.